The number of carbonyl (C=O) groups is 2. The van der Waals surface area contributed by atoms with Crippen molar-refractivity contribution in [3.8, 4) is 0 Å². The van der Waals surface area contributed by atoms with Gasteiger partial charge in [0.2, 0.25) is 5.91 Å². The zero-order valence-corrected chi connectivity index (χ0v) is 13.5. The average Bonchev–Trinajstić information content (AvgIpc) is 2.44. The van der Waals surface area contributed by atoms with Crippen LogP contribution >= 0.6 is 0 Å². The third-order valence-electron chi connectivity index (χ3n) is 4.44. The van der Waals surface area contributed by atoms with Gasteiger partial charge in [-0.3, -0.25) is 9.59 Å². The number of carboxylic acids is 1. The second-order valence-electron chi connectivity index (χ2n) is 5.69. The molecule has 0 saturated carbocycles. The minimum Gasteiger partial charge on any atom is -0.481 e. The Morgan fingerprint density at radius 3 is 2.15 bits per heavy atom. The van der Waals surface area contributed by atoms with Gasteiger partial charge in [-0.1, -0.05) is 47.0 Å². The van der Waals surface area contributed by atoms with Crippen molar-refractivity contribution < 1.29 is 14.7 Å². The number of unbranched alkanes of at least 4 members (excludes halogenated alkanes) is 1. The fourth-order valence-electron chi connectivity index (χ4n) is 2.45. The lowest BCUT2D eigenvalue weighted by Crippen LogP contribution is -2.38. The van der Waals surface area contributed by atoms with Crippen molar-refractivity contribution in [2.24, 2.45) is 11.3 Å². The van der Waals surface area contributed by atoms with Gasteiger partial charge in [0.25, 0.3) is 0 Å². The Morgan fingerprint density at radius 1 is 1.15 bits per heavy atom. The molecule has 4 nitrogen and oxygen atoms in total. The maximum atomic E-state index is 12.0. The predicted molar refractivity (Wildman–Crippen MR) is 81.6 cm³/mol. The third kappa shape index (κ3) is 5.93. The molecule has 1 amide bonds. The lowest BCUT2D eigenvalue weighted by molar-refractivity contribution is -0.152. The van der Waals surface area contributed by atoms with Gasteiger partial charge in [0, 0.05) is 13.0 Å². The van der Waals surface area contributed by atoms with Crippen LogP contribution in [0.4, 0.5) is 0 Å². The molecule has 20 heavy (non-hydrogen) atoms. The summed E-state index contributed by atoms with van der Waals surface area (Å²) in [6, 6.07) is 0. The molecule has 1 atom stereocenters. The van der Waals surface area contributed by atoms with E-state index >= 15 is 0 Å². The van der Waals surface area contributed by atoms with Crippen LogP contribution in [0.2, 0.25) is 0 Å². The van der Waals surface area contributed by atoms with Crippen LogP contribution in [0, 0.1) is 11.3 Å². The van der Waals surface area contributed by atoms with Crippen LogP contribution in [-0.2, 0) is 9.59 Å². The Labute approximate surface area is 123 Å². The van der Waals surface area contributed by atoms with Crippen molar-refractivity contribution in [1.82, 2.24) is 5.32 Å². The summed E-state index contributed by atoms with van der Waals surface area (Å²) < 4.78 is 0. The SMILES string of the molecule is CCCCC(CC)CNC(=O)CC(CC)(CC)C(=O)O. The Morgan fingerprint density at radius 2 is 1.75 bits per heavy atom. The number of hydrogen-bond acceptors (Lipinski definition) is 2. The molecule has 0 spiro atoms. The maximum absolute atomic E-state index is 12.0. The van der Waals surface area contributed by atoms with Crippen LogP contribution in [0.3, 0.4) is 0 Å². The number of carboxylic acid groups (broad SMARTS) is 1. The number of aliphatic carboxylic acids is 1. The summed E-state index contributed by atoms with van der Waals surface area (Å²) in [7, 11) is 0. The minimum atomic E-state index is -0.908. The van der Waals surface area contributed by atoms with Gasteiger partial charge in [0.15, 0.2) is 0 Å². The molecule has 0 aromatic rings. The van der Waals surface area contributed by atoms with Gasteiger partial charge >= 0.3 is 5.97 Å². The van der Waals surface area contributed by atoms with Crippen LogP contribution in [0.1, 0.15) is 72.6 Å². The monoisotopic (exact) mass is 285 g/mol. The van der Waals surface area contributed by atoms with Crippen LogP contribution in [-0.4, -0.2) is 23.5 Å². The number of nitrogens with one attached hydrogen (secondary N) is 1. The van der Waals surface area contributed by atoms with Crippen LogP contribution in [0.5, 0.6) is 0 Å². The first-order valence-electron chi connectivity index (χ1n) is 7.95. The van der Waals surface area contributed by atoms with Crippen molar-refractivity contribution in [1.29, 1.82) is 0 Å². The maximum Gasteiger partial charge on any atom is 0.310 e. The Bertz CT molecular complexity index is 298. The Hall–Kier alpha value is -1.06. The van der Waals surface area contributed by atoms with Gasteiger partial charge in [-0.2, -0.15) is 0 Å². The number of hydrogen-bond donors (Lipinski definition) is 2. The molecule has 0 saturated heterocycles. The van der Waals surface area contributed by atoms with Gasteiger partial charge in [-0.15, -0.1) is 0 Å². The number of carbonyl (C=O) groups excluding carboxylic acids is 1. The summed E-state index contributed by atoms with van der Waals surface area (Å²) in [4.78, 5) is 23.4. The van der Waals surface area contributed by atoms with E-state index in [4.69, 9.17) is 0 Å². The third-order valence-corrected chi connectivity index (χ3v) is 4.44. The first kappa shape index (κ1) is 18.9. The molecular weight excluding hydrogens is 254 g/mol. The molecule has 1 unspecified atom stereocenters. The highest BCUT2D eigenvalue weighted by atomic mass is 16.4. The normalized spacial score (nSPS) is 13.0. The molecule has 0 aliphatic rings. The van der Waals surface area contributed by atoms with Crippen molar-refractivity contribution in [3.63, 3.8) is 0 Å². The molecule has 0 bridgehead atoms. The molecular formula is C16H31NO3. The van der Waals surface area contributed by atoms with Crippen molar-refractivity contribution in [3.05, 3.63) is 0 Å². The topological polar surface area (TPSA) is 66.4 Å². The molecule has 0 aromatic carbocycles. The van der Waals surface area contributed by atoms with Crippen LogP contribution < -0.4 is 5.32 Å². The summed E-state index contributed by atoms with van der Waals surface area (Å²) in [5.74, 6) is -0.497. The molecule has 0 radical (unpaired) electrons. The van der Waals surface area contributed by atoms with E-state index in [9.17, 15) is 14.7 Å². The van der Waals surface area contributed by atoms with Crippen molar-refractivity contribution in [2.45, 2.75) is 72.6 Å². The summed E-state index contributed by atoms with van der Waals surface area (Å²) in [6.45, 7) is 8.63. The molecule has 0 aliphatic heterocycles. The van der Waals surface area contributed by atoms with Crippen molar-refractivity contribution >= 4 is 11.9 Å². The van der Waals surface area contributed by atoms with E-state index in [2.05, 4.69) is 19.2 Å². The smallest absolute Gasteiger partial charge is 0.310 e. The standard InChI is InChI=1S/C16H31NO3/c1-5-9-10-13(6-2)12-17-14(18)11-16(7-3,8-4)15(19)20/h13H,5-12H2,1-4H3,(H,17,18)(H,19,20). The number of amides is 1. The van der Waals surface area contributed by atoms with Gasteiger partial charge < -0.3 is 10.4 Å². The van der Waals surface area contributed by atoms with E-state index in [1.54, 1.807) is 0 Å². The van der Waals surface area contributed by atoms with E-state index in [-0.39, 0.29) is 12.3 Å². The number of rotatable bonds is 11. The zero-order valence-electron chi connectivity index (χ0n) is 13.5. The van der Waals surface area contributed by atoms with E-state index in [0.717, 1.165) is 19.3 Å². The molecule has 0 aliphatic carbocycles. The molecule has 2 N–H and O–H groups in total. The Balaban J connectivity index is 4.36. The largest absolute Gasteiger partial charge is 0.481 e. The molecule has 0 rings (SSSR count). The van der Waals surface area contributed by atoms with E-state index in [0.29, 0.717) is 25.3 Å². The second kappa shape index (κ2) is 9.78. The summed E-state index contributed by atoms with van der Waals surface area (Å²) in [6.07, 6.45) is 5.57. The van der Waals surface area contributed by atoms with Gasteiger partial charge in [0.1, 0.15) is 0 Å². The first-order chi connectivity index (χ1) is 9.45. The fraction of sp³-hybridized carbons (Fsp3) is 0.875. The minimum absolute atomic E-state index is 0.0829. The van der Waals surface area contributed by atoms with Crippen LogP contribution in [0.25, 0.3) is 0 Å². The summed E-state index contributed by atoms with van der Waals surface area (Å²) in [5.41, 5.74) is -0.908. The van der Waals surface area contributed by atoms with Crippen molar-refractivity contribution in [2.75, 3.05) is 6.54 Å². The highest BCUT2D eigenvalue weighted by Gasteiger charge is 2.37. The van der Waals surface area contributed by atoms with Gasteiger partial charge in [-0.25, -0.2) is 0 Å². The van der Waals surface area contributed by atoms with E-state index < -0.39 is 11.4 Å². The average molecular weight is 285 g/mol. The molecule has 118 valence electrons. The zero-order chi connectivity index (χ0) is 15.6. The molecule has 0 aromatic heterocycles. The first-order valence-corrected chi connectivity index (χ1v) is 7.95. The molecule has 0 heterocycles. The predicted octanol–water partition coefficient (Wildman–Crippen LogP) is 3.60. The van der Waals surface area contributed by atoms with Crippen LogP contribution in [0.15, 0.2) is 0 Å². The summed E-state index contributed by atoms with van der Waals surface area (Å²) >= 11 is 0. The van der Waals surface area contributed by atoms with Gasteiger partial charge in [0.05, 0.1) is 5.41 Å². The van der Waals surface area contributed by atoms with Gasteiger partial charge in [-0.05, 0) is 25.2 Å². The summed E-state index contributed by atoms with van der Waals surface area (Å²) in [5, 5.41) is 12.3. The molecule has 0 fully saturated rings. The highest BCUT2D eigenvalue weighted by Crippen LogP contribution is 2.30. The highest BCUT2D eigenvalue weighted by molar-refractivity contribution is 5.84. The molecule has 4 heteroatoms. The second-order valence-corrected chi connectivity index (χ2v) is 5.69. The lowest BCUT2D eigenvalue weighted by atomic mass is 9.79. The quantitative estimate of drug-likeness (QED) is 0.609. The van der Waals surface area contributed by atoms with E-state index in [1.807, 2.05) is 13.8 Å². The fourth-order valence-corrected chi connectivity index (χ4v) is 2.45. The van der Waals surface area contributed by atoms with E-state index in [1.165, 1.54) is 6.42 Å². The lowest BCUT2D eigenvalue weighted by Gasteiger charge is -2.26. The Kier molecular flexibility index (Phi) is 9.26.